The van der Waals surface area contributed by atoms with Crippen molar-refractivity contribution >= 4 is 26.9 Å². The van der Waals surface area contributed by atoms with Crippen molar-refractivity contribution in [1.82, 2.24) is 0 Å². The van der Waals surface area contributed by atoms with Gasteiger partial charge in [0.1, 0.15) is 4.90 Å². The van der Waals surface area contributed by atoms with Gasteiger partial charge in [-0.15, -0.1) is 0 Å². The van der Waals surface area contributed by atoms with Crippen LogP contribution in [0.5, 0.6) is 0 Å². The van der Waals surface area contributed by atoms with Gasteiger partial charge in [-0.3, -0.25) is 0 Å². The molecule has 0 unspecified atom stereocenters. The van der Waals surface area contributed by atoms with Gasteiger partial charge in [0.05, 0.1) is 6.54 Å². The highest BCUT2D eigenvalue weighted by molar-refractivity contribution is 7.87. The van der Waals surface area contributed by atoms with Crippen molar-refractivity contribution in [3.63, 3.8) is 0 Å². The number of hydrogen-bond acceptors (Lipinski definition) is 5. The van der Waals surface area contributed by atoms with Crippen molar-refractivity contribution in [2.75, 3.05) is 6.54 Å². The molecule has 94 valence electrons. The highest BCUT2D eigenvalue weighted by atomic mass is 32.2. The van der Waals surface area contributed by atoms with Crippen LogP contribution in [0.25, 0.3) is 10.8 Å². The molecule has 2 aromatic rings. The quantitative estimate of drug-likeness (QED) is 0.838. The molecule has 2 aromatic carbocycles. The van der Waals surface area contributed by atoms with Crippen LogP contribution in [-0.4, -0.2) is 20.9 Å². The molecule has 0 saturated carbocycles. The Morgan fingerprint density at radius 1 is 1.11 bits per heavy atom. The van der Waals surface area contributed by atoms with Crippen molar-refractivity contribution in [3.05, 3.63) is 42.5 Å². The standard InChI is InChI=1S/C12H11NO4S/c13-8-12(14)17-18(15,16)11-7-3-5-9-4-1-2-6-10(9)11/h1-7H,8,13H2. The van der Waals surface area contributed by atoms with Gasteiger partial charge in [-0.2, -0.15) is 8.42 Å². The second kappa shape index (κ2) is 4.75. The molecule has 5 nitrogen and oxygen atoms in total. The zero-order valence-electron chi connectivity index (χ0n) is 9.37. The summed E-state index contributed by atoms with van der Waals surface area (Å²) in [6, 6.07) is 11.7. The molecule has 2 N–H and O–H groups in total. The first-order chi connectivity index (χ1) is 8.54. The van der Waals surface area contributed by atoms with Crippen molar-refractivity contribution in [3.8, 4) is 0 Å². The molecule has 0 aliphatic heterocycles. The summed E-state index contributed by atoms with van der Waals surface area (Å²) in [6.45, 7) is -0.482. The van der Waals surface area contributed by atoms with Crippen LogP contribution < -0.4 is 5.73 Å². The molecule has 0 bridgehead atoms. The molecule has 0 aliphatic rings. The highest BCUT2D eigenvalue weighted by Crippen LogP contribution is 2.24. The average molecular weight is 265 g/mol. The lowest BCUT2D eigenvalue weighted by Gasteiger charge is -2.07. The lowest BCUT2D eigenvalue weighted by molar-refractivity contribution is -0.132. The minimum absolute atomic E-state index is 0.0394. The van der Waals surface area contributed by atoms with E-state index in [0.29, 0.717) is 5.39 Å². The molecule has 0 heterocycles. The smallest absolute Gasteiger partial charge is 0.341 e. The Hall–Kier alpha value is -1.92. The first kappa shape index (κ1) is 12.5. The van der Waals surface area contributed by atoms with E-state index in [0.717, 1.165) is 5.39 Å². The minimum Gasteiger partial charge on any atom is -0.341 e. The summed E-state index contributed by atoms with van der Waals surface area (Å²) in [4.78, 5) is 11.0. The van der Waals surface area contributed by atoms with Gasteiger partial charge in [0.15, 0.2) is 0 Å². The summed E-state index contributed by atoms with van der Waals surface area (Å²) >= 11 is 0. The van der Waals surface area contributed by atoms with E-state index >= 15 is 0 Å². The second-order valence-corrected chi connectivity index (χ2v) is 5.11. The van der Waals surface area contributed by atoms with Crippen LogP contribution in [0, 0.1) is 0 Å². The van der Waals surface area contributed by atoms with Crippen LogP contribution >= 0.6 is 0 Å². The number of nitrogens with two attached hydrogens (primary N) is 1. The molecule has 6 heteroatoms. The van der Waals surface area contributed by atoms with Gasteiger partial charge in [-0.1, -0.05) is 36.4 Å². The van der Waals surface area contributed by atoms with E-state index in [1.807, 2.05) is 0 Å². The van der Waals surface area contributed by atoms with Crippen molar-refractivity contribution < 1.29 is 17.4 Å². The normalized spacial score (nSPS) is 11.4. The summed E-state index contributed by atoms with van der Waals surface area (Å²) < 4.78 is 28.2. The lowest BCUT2D eigenvalue weighted by Crippen LogP contribution is -2.21. The molecule has 0 fully saturated rings. The predicted octanol–water partition coefficient (Wildman–Crippen LogP) is 1.03. The van der Waals surface area contributed by atoms with E-state index in [1.54, 1.807) is 36.4 Å². The minimum atomic E-state index is -4.13. The first-order valence-electron chi connectivity index (χ1n) is 5.20. The zero-order valence-corrected chi connectivity index (χ0v) is 10.2. The molecule has 2 rings (SSSR count). The van der Waals surface area contributed by atoms with Crippen LogP contribution in [0.4, 0.5) is 0 Å². The number of benzene rings is 2. The lowest BCUT2D eigenvalue weighted by atomic mass is 10.1. The monoisotopic (exact) mass is 265 g/mol. The van der Waals surface area contributed by atoms with Crippen molar-refractivity contribution in [2.24, 2.45) is 5.73 Å². The molecule has 0 radical (unpaired) electrons. The fourth-order valence-corrected chi connectivity index (χ4v) is 2.72. The second-order valence-electron chi connectivity index (χ2n) is 3.59. The first-order valence-corrected chi connectivity index (χ1v) is 6.60. The van der Waals surface area contributed by atoms with Crippen LogP contribution in [0.2, 0.25) is 0 Å². The van der Waals surface area contributed by atoms with Gasteiger partial charge in [-0.05, 0) is 11.5 Å². The molecule has 0 aliphatic carbocycles. The van der Waals surface area contributed by atoms with Gasteiger partial charge in [-0.25, -0.2) is 4.79 Å². The van der Waals surface area contributed by atoms with Gasteiger partial charge < -0.3 is 9.92 Å². The SMILES string of the molecule is NCC(=O)OS(=O)(=O)c1cccc2ccccc12. The van der Waals surface area contributed by atoms with Crippen LogP contribution in [0.1, 0.15) is 0 Å². The molecular formula is C12H11NO4S. The molecular weight excluding hydrogens is 254 g/mol. The number of rotatable bonds is 3. The molecule has 0 spiro atoms. The maximum Gasteiger partial charge on any atom is 0.342 e. The Labute approximate surface area is 104 Å². The largest absolute Gasteiger partial charge is 0.342 e. The number of fused-ring (bicyclic) bond motifs is 1. The van der Waals surface area contributed by atoms with Crippen molar-refractivity contribution in [2.45, 2.75) is 4.90 Å². The van der Waals surface area contributed by atoms with Gasteiger partial charge in [0.2, 0.25) is 0 Å². The Morgan fingerprint density at radius 3 is 2.50 bits per heavy atom. The van der Waals surface area contributed by atoms with Crippen molar-refractivity contribution in [1.29, 1.82) is 0 Å². The topological polar surface area (TPSA) is 86.5 Å². The maximum atomic E-state index is 11.9. The number of hydrogen-bond donors (Lipinski definition) is 1. The Bertz CT molecular complexity index is 689. The Kier molecular flexibility index (Phi) is 3.31. The van der Waals surface area contributed by atoms with E-state index < -0.39 is 22.6 Å². The van der Waals surface area contributed by atoms with Gasteiger partial charge in [0.25, 0.3) is 0 Å². The van der Waals surface area contributed by atoms with E-state index in [9.17, 15) is 13.2 Å². The summed E-state index contributed by atoms with van der Waals surface area (Å²) in [6.07, 6.45) is 0. The molecule has 0 aromatic heterocycles. The van der Waals surface area contributed by atoms with Crippen LogP contribution in [0.15, 0.2) is 47.4 Å². The third-order valence-electron chi connectivity index (χ3n) is 2.39. The van der Waals surface area contributed by atoms with Crippen LogP contribution in [-0.2, 0) is 19.1 Å². The third-order valence-corrected chi connectivity index (χ3v) is 3.69. The fraction of sp³-hybridized carbons (Fsp3) is 0.0833. The van der Waals surface area contributed by atoms with E-state index in [4.69, 9.17) is 5.73 Å². The molecule has 0 amide bonds. The zero-order chi connectivity index (χ0) is 13.2. The fourth-order valence-electron chi connectivity index (χ4n) is 1.61. The molecule has 0 saturated heterocycles. The Balaban J connectivity index is 2.57. The van der Waals surface area contributed by atoms with E-state index in [1.165, 1.54) is 6.07 Å². The van der Waals surface area contributed by atoms with Crippen LogP contribution in [0.3, 0.4) is 0 Å². The average Bonchev–Trinajstić information content (AvgIpc) is 2.37. The molecule has 0 atom stereocenters. The summed E-state index contributed by atoms with van der Waals surface area (Å²) in [5, 5.41) is 1.26. The van der Waals surface area contributed by atoms with E-state index in [2.05, 4.69) is 4.18 Å². The molecule has 18 heavy (non-hydrogen) atoms. The summed E-state index contributed by atoms with van der Waals surface area (Å²) in [5.41, 5.74) is 5.03. The van der Waals surface area contributed by atoms with Gasteiger partial charge >= 0.3 is 16.1 Å². The summed E-state index contributed by atoms with van der Waals surface area (Å²) in [7, 11) is -4.13. The van der Waals surface area contributed by atoms with Gasteiger partial charge in [0, 0.05) is 5.39 Å². The predicted molar refractivity (Wildman–Crippen MR) is 66.3 cm³/mol. The van der Waals surface area contributed by atoms with E-state index in [-0.39, 0.29) is 4.90 Å². The third kappa shape index (κ3) is 2.34. The maximum absolute atomic E-state index is 11.9. The number of carbonyl (C=O) groups is 1. The summed E-state index contributed by atoms with van der Waals surface area (Å²) in [5.74, 6) is -0.983. The Morgan fingerprint density at radius 2 is 1.78 bits per heavy atom. The highest BCUT2D eigenvalue weighted by Gasteiger charge is 2.21. The number of carbonyl (C=O) groups excluding carboxylic acids is 1.